The summed E-state index contributed by atoms with van der Waals surface area (Å²) in [5.74, 6) is 0.465. The van der Waals surface area contributed by atoms with Gasteiger partial charge in [0.15, 0.2) is 0 Å². The van der Waals surface area contributed by atoms with Crippen LogP contribution in [-0.4, -0.2) is 4.98 Å². The summed E-state index contributed by atoms with van der Waals surface area (Å²) in [7, 11) is 0. The number of nitrogens with zero attached hydrogens (tertiary/aromatic N) is 2. The molecule has 0 aliphatic carbocycles. The Hall–Kier alpha value is -2.09. The largest absolute Gasteiger partial charge is 0.318 e. The lowest BCUT2D eigenvalue weighted by atomic mass is 9.93. The zero-order chi connectivity index (χ0) is 18.0. The zero-order valence-electron chi connectivity index (χ0n) is 15.9. The highest BCUT2D eigenvalue weighted by molar-refractivity contribution is 5.98. The molecule has 0 bridgehead atoms. The van der Waals surface area contributed by atoms with Crippen molar-refractivity contribution < 1.29 is 0 Å². The molecule has 1 unspecified atom stereocenters. The molecule has 1 atom stereocenters. The van der Waals surface area contributed by atoms with Crippen LogP contribution in [0, 0.1) is 0 Å². The van der Waals surface area contributed by atoms with Gasteiger partial charge in [-0.25, -0.2) is 0 Å². The Balaban J connectivity index is 2.27. The summed E-state index contributed by atoms with van der Waals surface area (Å²) in [6, 6.07) is 6.50. The van der Waals surface area contributed by atoms with Crippen LogP contribution in [0.3, 0.4) is 0 Å². The standard InChI is InChI=1S/C23H30N2/c1-6-8-10-17(4)25-18(5)13-14-19-11-9-12-21-22(19)23(25)20(15-24-21)16(3)7-2/h9,11-12,15-16H,4-8,10,13-14H2,1-3H3. The van der Waals surface area contributed by atoms with Gasteiger partial charge in [0.25, 0.3) is 0 Å². The number of aryl methyl sites for hydroxylation is 1. The summed E-state index contributed by atoms with van der Waals surface area (Å²) in [5, 5.41) is 1.30. The number of anilines is 1. The van der Waals surface area contributed by atoms with E-state index in [1.807, 2.05) is 0 Å². The molecule has 0 N–H and O–H groups in total. The lowest BCUT2D eigenvalue weighted by molar-refractivity contribution is 0.723. The molecule has 2 heterocycles. The third kappa shape index (κ3) is 3.22. The van der Waals surface area contributed by atoms with E-state index in [0.717, 1.165) is 43.3 Å². The normalized spacial score (nSPS) is 15.3. The quantitative estimate of drug-likeness (QED) is 0.583. The van der Waals surface area contributed by atoms with E-state index in [2.05, 4.69) is 63.2 Å². The van der Waals surface area contributed by atoms with Gasteiger partial charge in [0, 0.05) is 23.0 Å². The zero-order valence-corrected chi connectivity index (χ0v) is 15.9. The molecule has 0 amide bonds. The average molecular weight is 335 g/mol. The summed E-state index contributed by atoms with van der Waals surface area (Å²) in [6.07, 6.45) is 8.53. The third-order valence-corrected chi connectivity index (χ3v) is 5.48. The van der Waals surface area contributed by atoms with Gasteiger partial charge in [-0.15, -0.1) is 0 Å². The van der Waals surface area contributed by atoms with E-state index in [9.17, 15) is 0 Å². The molecular weight excluding hydrogens is 304 g/mol. The van der Waals surface area contributed by atoms with Gasteiger partial charge >= 0.3 is 0 Å². The van der Waals surface area contributed by atoms with Crippen molar-refractivity contribution in [3.05, 3.63) is 60.1 Å². The fourth-order valence-corrected chi connectivity index (χ4v) is 3.77. The lowest BCUT2D eigenvalue weighted by Crippen LogP contribution is -2.22. The van der Waals surface area contributed by atoms with E-state index in [0.29, 0.717) is 5.92 Å². The minimum Gasteiger partial charge on any atom is -0.318 e. The Morgan fingerprint density at radius 2 is 2.08 bits per heavy atom. The van der Waals surface area contributed by atoms with Crippen molar-refractivity contribution >= 4 is 16.6 Å². The fourth-order valence-electron chi connectivity index (χ4n) is 3.77. The molecule has 1 aromatic heterocycles. The molecule has 1 aliphatic rings. The number of rotatable bonds is 6. The van der Waals surface area contributed by atoms with Crippen LogP contribution in [0.15, 0.2) is 48.9 Å². The maximum Gasteiger partial charge on any atom is 0.0726 e. The molecule has 0 saturated carbocycles. The number of benzene rings is 1. The van der Waals surface area contributed by atoms with Gasteiger partial charge in [0.1, 0.15) is 0 Å². The second-order valence-electron chi connectivity index (χ2n) is 7.25. The van der Waals surface area contributed by atoms with Crippen LogP contribution in [0.5, 0.6) is 0 Å². The minimum atomic E-state index is 0.465. The van der Waals surface area contributed by atoms with Crippen molar-refractivity contribution in [2.24, 2.45) is 0 Å². The first kappa shape index (κ1) is 17.7. The summed E-state index contributed by atoms with van der Waals surface area (Å²) >= 11 is 0. The van der Waals surface area contributed by atoms with Crippen LogP contribution in [-0.2, 0) is 6.42 Å². The Labute approximate surface area is 152 Å². The van der Waals surface area contributed by atoms with E-state index < -0.39 is 0 Å². The van der Waals surface area contributed by atoms with Gasteiger partial charge in [-0.05, 0) is 55.2 Å². The van der Waals surface area contributed by atoms with Crippen molar-refractivity contribution in [3.8, 4) is 0 Å². The molecule has 0 fully saturated rings. The van der Waals surface area contributed by atoms with Crippen molar-refractivity contribution in [1.82, 2.24) is 4.98 Å². The van der Waals surface area contributed by atoms with Crippen molar-refractivity contribution in [2.45, 2.75) is 65.2 Å². The molecule has 0 spiro atoms. The Morgan fingerprint density at radius 3 is 2.80 bits per heavy atom. The van der Waals surface area contributed by atoms with Gasteiger partial charge in [0.2, 0.25) is 0 Å². The predicted octanol–water partition coefficient (Wildman–Crippen LogP) is 6.72. The Kier molecular flexibility index (Phi) is 5.27. The second-order valence-corrected chi connectivity index (χ2v) is 7.25. The first-order valence-electron chi connectivity index (χ1n) is 9.64. The highest BCUT2D eigenvalue weighted by atomic mass is 15.2. The number of hydrogen-bond acceptors (Lipinski definition) is 2. The first-order valence-corrected chi connectivity index (χ1v) is 9.64. The van der Waals surface area contributed by atoms with Gasteiger partial charge < -0.3 is 4.90 Å². The highest BCUT2D eigenvalue weighted by Gasteiger charge is 2.26. The van der Waals surface area contributed by atoms with Gasteiger partial charge in [-0.2, -0.15) is 0 Å². The molecular formula is C23H30N2. The number of pyridine rings is 1. The summed E-state index contributed by atoms with van der Waals surface area (Å²) in [4.78, 5) is 7.15. The predicted molar refractivity (Wildman–Crippen MR) is 109 cm³/mol. The Bertz CT molecular complexity index is 803. The monoisotopic (exact) mass is 334 g/mol. The number of allylic oxidation sites excluding steroid dienone is 2. The van der Waals surface area contributed by atoms with E-state index in [4.69, 9.17) is 4.98 Å². The molecule has 0 radical (unpaired) electrons. The average Bonchev–Trinajstić information content (AvgIpc) is 2.78. The summed E-state index contributed by atoms with van der Waals surface area (Å²) < 4.78 is 0. The topological polar surface area (TPSA) is 16.1 Å². The van der Waals surface area contributed by atoms with Gasteiger partial charge in [-0.1, -0.05) is 52.5 Å². The minimum absolute atomic E-state index is 0.465. The number of aromatic nitrogens is 1. The van der Waals surface area contributed by atoms with E-state index in [-0.39, 0.29) is 0 Å². The van der Waals surface area contributed by atoms with Gasteiger partial charge in [0.05, 0.1) is 11.2 Å². The molecule has 2 aromatic rings. The maximum absolute atomic E-state index is 4.79. The first-order chi connectivity index (χ1) is 12.1. The van der Waals surface area contributed by atoms with Crippen LogP contribution in [0.1, 0.15) is 69.9 Å². The van der Waals surface area contributed by atoms with Gasteiger partial charge in [-0.3, -0.25) is 4.98 Å². The molecule has 0 saturated heterocycles. The number of unbranched alkanes of at least 4 members (excludes halogenated alkanes) is 1. The Morgan fingerprint density at radius 1 is 1.28 bits per heavy atom. The fraction of sp³-hybridized carbons (Fsp3) is 0.435. The van der Waals surface area contributed by atoms with Crippen molar-refractivity contribution in [3.63, 3.8) is 0 Å². The van der Waals surface area contributed by atoms with E-state index in [1.165, 1.54) is 34.3 Å². The lowest BCUT2D eigenvalue weighted by Gasteiger charge is -2.31. The smallest absolute Gasteiger partial charge is 0.0726 e. The molecule has 2 heteroatoms. The molecule has 25 heavy (non-hydrogen) atoms. The van der Waals surface area contributed by atoms with Crippen LogP contribution in [0.4, 0.5) is 5.69 Å². The highest BCUT2D eigenvalue weighted by Crippen LogP contribution is 2.43. The molecule has 132 valence electrons. The van der Waals surface area contributed by atoms with Crippen LogP contribution >= 0.6 is 0 Å². The van der Waals surface area contributed by atoms with Crippen LogP contribution in [0.2, 0.25) is 0 Å². The SMILES string of the molecule is C=C(CCCC)N1C(=C)CCc2cccc3ncc(C(C)CC)c1c23. The summed E-state index contributed by atoms with van der Waals surface area (Å²) in [6.45, 7) is 15.6. The maximum atomic E-state index is 4.79. The molecule has 1 aromatic carbocycles. The molecule has 1 aliphatic heterocycles. The van der Waals surface area contributed by atoms with Crippen molar-refractivity contribution in [1.29, 1.82) is 0 Å². The molecule has 2 nitrogen and oxygen atoms in total. The third-order valence-electron chi connectivity index (χ3n) is 5.48. The van der Waals surface area contributed by atoms with E-state index >= 15 is 0 Å². The van der Waals surface area contributed by atoms with Crippen LogP contribution in [0.25, 0.3) is 10.9 Å². The molecule has 3 rings (SSSR count). The van der Waals surface area contributed by atoms with Crippen LogP contribution < -0.4 is 4.90 Å². The van der Waals surface area contributed by atoms with Crippen molar-refractivity contribution in [2.75, 3.05) is 4.90 Å². The summed E-state index contributed by atoms with van der Waals surface area (Å²) in [5.41, 5.74) is 7.41. The number of hydrogen-bond donors (Lipinski definition) is 0. The van der Waals surface area contributed by atoms with E-state index in [1.54, 1.807) is 0 Å². The second kappa shape index (κ2) is 7.43.